The first-order valence-corrected chi connectivity index (χ1v) is 8.93. The van der Waals surface area contributed by atoms with E-state index in [1.165, 1.54) is 5.56 Å². The Morgan fingerprint density at radius 3 is 2.67 bits per heavy atom. The lowest BCUT2D eigenvalue weighted by atomic mass is 9.98. The van der Waals surface area contributed by atoms with E-state index in [4.69, 9.17) is 0 Å². The molecule has 0 unspecified atom stereocenters. The maximum absolute atomic E-state index is 10.7. The van der Waals surface area contributed by atoms with Gasteiger partial charge in [-0.15, -0.1) is 0 Å². The zero-order chi connectivity index (χ0) is 16.9. The highest BCUT2D eigenvalue weighted by atomic mass is 16.3. The number of aromatic hydroxyl groups is 1. The molecule has 0 amide bonds. The molecule has 0 saturated carbocycles. The van der Waals surface area contributed by atoms with Gasteiger partial charge in [-0.2, -0.15) is 0 Å². The number of unbranched alkanes of at least 4 members (excludes halogenated alkanes) is 1. The van der Waals surface area contributed by atoms with E-state index < -0.39 is 6.10 Å². The van der Waals surface area contributed by atoms with Crippen LogP contribution in [0.1, 0.15) is 42.6 Å². The SMILES string of the molecule is C[C@H]1[C@H](O)c2ccc(O)cc2CCN1CCCCc1ccccc1. The van der Waals surface area contributed by atoms with Gasteiger partial charge in [0.2, 0.25) is 0 Å². The normalized spacial score (nSPS) is 21.2. The van der Waals surface area contributed by atoms with E-state index in [1.54, 1.807) is 12.1 Å². The van der Waals surface area contributed by atoms with E-state index in [2.05, 4.69) is 42.2 Å². The molecule has 0 bridgehead atoms. The Hall–Kier alpha value is -1.84. The molecule has 0 spiro atoms. The quantitative estimate of drug-likeness (QED) is 0.824. The van der Waals surface area contributed by atoms with Gasteiger partial charge in [0, 0.05) is 12.6 Å². The average Bonchev–Trinajstić information content (AvgIpc) is 2.71. The summed E-state index contributed by atoms with van der Waals surface area (Å²) >= 11 is 0. The minimum Gasteiger partial charge on any atom is -0.508 e. The average molecular weight is 325 g/mol. The Balaban J connectivity index is 1.55. The standard InChI is InChI=1S/C21H27NO2/c1-16-21(24)20-11-10-19(23)15-18(20)12-14-22(16)13-6-5-9-17-7-3-2-4-8-17/h2-4,7-8,10-11,15-16,21,23-24H,5-6,9,12-14H2,1H3/t16-,21-/m0/s1. The molecule has 0 aliphatic carbocycles. The van der Waals surface area contributed by atoms with Crippen LogP contribution in [0.2, 0.25) is 0 Å². The van der Waals surface area contributed by atoms with Crippen molar-refractivity contribution in [2.75, 3.05) is 13.1 Å². The van der Waals surface area contributed by atoms with Crippen LogP contribution in [0.5, 0.6) is 5.75 Å². The molecule has 0 saturated heterocycles. The van der Waals surface area contributed by atoms with Crippen LogP contribution in [-0.4, -0.2) is 34.2 Å². The Labute approximate surface area is 144 Å². The predicted molar refractivity (Wildman–Crippen MR) is 97.2 cm³/mol. The molecule has 0 fully saturated rings. The van der Waals surface area contributed by atoms with Gasteiger partial charge in [0.15, 0.2) is 0 Å². The van der Waals surface area contributed by atoms with Gasteiger partial charge in [-0.1, -0.05) is 36.4 Å². The van der Waals surface area contributed by atoms with Crippen LogP contribution in [0.25, 0.3) is 0 Å². The first-order chi connectivity index (χ1) is 11.6. The van der Waals surface area contributed by atoms with E-state index in [0.29, 0.717) is 0 Å². The van der Waals surface area contributed by atoms with Crippen molar-refractivity contribution >= 4 is 0 Å². The van der Waals surface area contributed by atoms with Crippen molar-refractivity contribution in [3.8, 4) is 5.75 Å². The lowest BCUT2D eigenvalue weighted by Crippen LogP contribution is -2.37. The summed E-state index contributed by atoms with van der Waals surface area (Å²) in [7, 11) is 0. The summed E-state index contributed by atoms with van der Waals surface area (Å²) in [5.74, 6) is 0.282. The smallest absolute Gasteiger partial charge is 0.115 e. The lowest BCUT2D eigenvalue weighted by Gasteiger charge is -2.30. The molecule has 2 aromatic rings. The summed E-state index contributed by atoms with van der Waals surface area (Å²) in [5.41, 5.74) is 3.43. The molecule has 1 aliphatic rings. The largest absolute Gasteiger partial charge is 0.508 e. The number of phenolic OH excluding ortho intramolecular Hbond substituents is 1. The minimum absolute atomic E-state index is 0.104. The van der Waals surface area contributed by atoms with Crippen molar-refractivity contribution in [1.82, 2.24) is 4.90 Å². The molecule has 1 heterocycles. The van der Waals surface area contributed by atoms with Gasteiger partial charge in [-0.25, -0.2) is 0 Å². The van der Waals surface area contributed by atoms with E-state index in [9.17, 15) is 10.2 Å². The predicted octanol–water partition coefficient (Wildman–Crippen LogP) is 3.70. The highest BCUT2D eigenvalue weighted by molar-refractivity contribution is 5.37. The van der Waals surface area contributed by atoms with Crippen molar-refractivity contribution in [3.05, 3.63) is 65.2 Å². The van der Waals surface area contributed by atoms with Gasteiger partial charge >= 0.3 is 0 Å². The Morgan fingerprint density at radius 1 is 1.08 bits per heavy atom. The van der Waals surface area contributed by atoms with Gasteiger partial charge in [0.1, 0.15) is 5.75 Å². The van der Waals surface area contributed by atoms with Gasteiger partial charge in [0.25, 0.3) is 0 Å². The molecule has 0 aromatic heterocycles. The summed E-state index contributed by atoms with van der Waals surface area (Å²) in [6, 6.07) is 16.0. The zero-order valence-corrected chi connectivity index (χ0v) is 14.4. The van der Waals surface area contributed by atoms with Crippen molar-refractivity contribution < 1.29 is 10.2 Å². The topological polar surface area (TPSA) is 43.7 Å². The van der Waals surface area contributed by atoms with Gasteiger partial charge in [-0.05, 0) is 68.0 Å². The Morgan fingerprint density at radius 2 is 1.88 bits per heavy atom. The van der Waals surface area contributed by atoms with Crippen LogP contribution in [0.15, 0.2) is 48.5 Å². The molecule has 2 atom stereocenters. The maximum atomic E-state index is 10.7. The highest BCUT2D eigenvalue weighted by Gasteiger charge is 2.28. The van der Waals surface area contributed by atoms with Crippen LogP contribution in [-0.2, 0) is 12.8 Å². The zero-order valence-electron chi connectivity index (χ0n) is 14.4. The molecular formula is C21H27NO2. The first-order valence-electron chi connectivity index (χ1n) is 8.93. The molecular weight excluding hydrogens is 298 g/mol. The molecule has 3 heteroatoms. The van der Waals surface area contributed by atoms with Gasteiger partial charge in [0.05, 0.1) is 6.10 Å². The monoisotopic (exact) mass is 325 g/mol. The molecule has 1 aliphatic heterocycles. The van der Waals surface area contributed by atoms with Gasteiger partial charge in [-0.3, -0.25) is 4.90 Å². The number of rotatable bonds is 5. The number of phenols is 1. The molecule has 2 N–H and O–H groups in total. The summed E-state index contributed by atoms with van der Waals surface area (Å²) in [6.45, 7) is 4.04. The van der Waals surface area contributed by atoms with E-state index >= 15 is 0 Å². The fourth-order valence-electron chi connectivity index (χ4n) is 3.63. The van der Waals surface area contributed by atoms with Crippen LogP contribution >= 0.6 is 0 Å². The lowest BCUT2D eigenvalue weighted by molar-refractivity contribution is 0.0635. The van der Waals surface area contributed by atoms with Crippen molar-refractivity contribution in [2.45, 2.75) is 44.8 Å². The number of aliphatic hydroxyl groups is 1. The number of aliphatic hydroxyl groups excluding tert-OH is 1. The summed E-state index contributed by atoms with van der Waals surface area (Å²) in [4.78, 5) is 2.38. The summed E-state index contributed by atoms with van der Waals surface area (Å²) < 4.78 is 0. The fraction of sp³-hybridized carbons (Fsp3) is 0.429. The van der Waals surface area contributed by atoms with Crippen LogP contribution in [0.4, 0.5) is 0 Å². The number of hydrogen-bond donors (Lipinski definition) is 2. The first kappa shape index (κ1) is 17.0. The number of hydrogen-bond acceptors (Lipinski definition) is 3. The molecule has 0 radical (unpaired) electrons. The molecule has 128 valence electrons. The third-order valence-corrected chi connectivity index (χ3v) is 5.15. The van der Waals surface area contributed by atoms with Crippen LogP contribution in [0.3, 0.4) is 0 Å². The third kappa shape index (κ3) is 3.97. The van der Waals surface area contributed by atoms with Crippen LogP contribution < -0.4 is 0 Å². The van der Waals surface area contributed by atoms with Crippen molar-refractivity contribution in [2.24, 2.45) is 0 Å². The van der Waals surface area contributed by atoms with E-state index in [-0.39, 0.29) is 11.8 Å². The highest BCUT2D eigenvalue weighted by Crippen LogP contribution is 2.30. The molecule has 24 heavy (non-hydrogen) atoms. The molecule has 3 nitrogen and oxygen atoms in total. The molecule has 2 aromatic carbocycles. The number of fused-ring (bicyclic) bond motifs is 1. The van der Waals surface area contributed by atoms with Crippen molar-refractivity contribution in [1.29, 1.82) is 0 Å². The van der Waals surface area contributed by atoms with Crippen molar-refractivity contribution in [3.63, 3.8) is 0 Å². The number of benzene rings is 2. The fourth-order valence-corrected chi connectivity index (χ4v) is 3.63. The minimum atomic E-state index is -0.489. The second-order valence-electron chi connectivity index (χ2n) is 6.80. The maximum Gasteiger partial charge on any atom is 0.115 e. The van der Waals surface area contributed by atoms with E-state index in [1.807, 2.05) is 6.07 Å². The second kappa shape index (κ2) is 7.82. The Bertz CT molecular complexity index is 656. The number of aryl methyl sites for hydroxylation is 1. The third-order valence-electron chi connectivity index (χ3n) is 5.15. The number of nitrogens with zero attached hydrogens (tertiary/aromatic N) is 1. The van der Waals surface area contributed by atoms with Crippen LogP contribution in [0, 0.1) is 0 Å². The summed E-state index contributed by atoms with van der Waals surface area (Å²) in [6.07, 6.45) is 3.80. The van der Waals surface area contributed by atoms with Gasteiger partial charge < -0.3 is 10.2 Å². The molecule has 3 rings (SSSR count). The second-order valence-corrected chi connectivity index (χ2v) is 6.80. The van der Waals surface area contributed by atoms with E-state index in [0.717, 1.165) is 49.9 Å². The summed E-state index contributed by atoms with van der Waals surface area (Å²) in [5, 5.41) is 20.4. The Kier molecular flexibility index (Phi) is 5.54.